The molecule has 0 aliphatic heterocycles. The minimum absolute atomic E-state index is 1.19. The lowest BCUT2D eigenvalue weighted by molar-refractivity contribution is 0.313. The lowest BCUT2D eigenvalue weighted by atomic mass is 10.4. The summed E-state index contributed by atoms with van der Waals surface area (Å²) in [6, 6.07) is 0. The van der Waals surface area contributed by atoms with Crippen LogP contribution in [0.3, 0.4) is 0 Å². The first-order valence-corrected chi connectivity index (χ1v) is 9.03. The molecule has 0 amide bonds. The highest BCUT2D eigenvalue weighted by Gasteiger charge is 2.24. The highest BCUT2D eigenvalue weighted by atomic mass is 28.3. The average Bonchev–Trinajstić information content (AvgIpc) is 2.04. The van der Waals surface area contributed by atoms with Crippen molar-refractivity contribution in [2.45, 2.75) is 46.7 Å². The summed E-state index contributed by atoms with van der Waals surface area (Å²) >= 11 is 0. The Balaban J connectivity index is 4.19. The van der Waals surface area contributed by atoms with E-state index >= 15 is 0 Å². The van der Waals surface area contributed by atoms with Gasteiger partial charge < -0.3 is 4.90 Å². The lowest BCUT2D eigenvalue weighted by Gasteiger charge is -2.31. The van der Waals surface area contributed by atoms with Gasteiger partial charge in [-0.2, -0.15) is 0 Å². The van der Waals surface area contributed by atoms with Crippen molar-refractivity contribution < 1.29 is 0 Å². The van der Waals surface area contributed by atoms with E-state index in [4.69, 9.17) is 0 Å². The second-order valence-electron chi connectivity index (χ2n) is 4.94. The van der Waals surface area contributed by atoms with Gasteiger partial charge in [-0.1, -0.05) is 32.1 Å². The van der Waals surface area contributed by atoms with Crippen molar-refractivity contribution in [3.05, 3.63) is 11.8 Å². The fourth-order valence-electron chi connectivity index (χ4n) is 1.60. The molecule has 0 unspecified atom stereocenters. The van der Waals surface area contributed by atoms with Crippen LogP contribution >= 0.6 is 0 Å². The molecule has 2 heteroatoms. The van der Waals surface area contributed by atoms with Gasteiger partial charge in [0.2, 0.25) is 0 Å². The Morgan fingerprint density at radius 3 is 1.86 bits per heavy atom. The first-order chi connectivity index (χ1) is 6.44. The van der Waals surface area contributed by atoms with Crippen LogP contribution < -0.4 is 0 Å². The molecule has 14 heavy (non-hydrogen) atoms. The quantitative estimate of drug-likeness (QED) is 0.585. The summed E-state index contributed by atoms with van der Waals surface area (Å²) in [6.07, 6.45) is 3.81. The Morgan fingerprint density at radius 2 is 1.57 bits per heavy atom. The molecule has 0 aliphatic rings. The van der Waals surface area contributed by atoms with Crippen LogP contribution in [-0.2, 0) is 0 Å². The van der Waals surface area contributed by atoms with E-state index in [1.807, 2.05) is 0 Å². The standard InChI is InChI=1S/C12H27NSi/c1-7-9-13(10-8-2)11-14(5,6)12(3)4/h3,7-11H2,1-2,4-6H3. The van der Waals surface area contributed by atoms with Gasteiger partial charge in [0.15, 0.2) is 0 Å². The van der Waals surface area contributed by atoms with Gasteiger partial charge in [-0.05, 0) is 39.0 Å². The first-order valence-electron chi connectivity index (χ1n) is 5.82. The predicted molar refractivity (Wildman–Crippen MR) is 69.3 cm³/mol. The van der Waals surface area contributed by atoms with Gasteiger partial charge in [0.05, 0.1) is 8.07 Å². The molecule has 0 radical (unpaired) electrons. The third kappa shape index (κ3) is 4.96. The summed E-state index contributed by atoms with van der Waals surface area (Å²) in [7, 11) is -1.19. The molecular formula is C12H27NSi. The van der Waals surface area contributed by atoms with Crippen molar-refractivity contribution in [1.82, 2.24) is 4.90 Å². The molecule has 0 bridgehead atoms. The Morgan fingerprint density at radius 1 is 1.14 bits per heavy atom. The average molecular weight is 213 g/mol. The number of hydrogen-bond acceptors (Lipinski definition) is 1. The summed E-state index contributed by atoms with van der Waals surface area (Å²) in [4.78, 5) is 2.61. The van der Waals surface area contributed by atoms with Crippen molar-refractivity contribution in [1.29, 1.82) is 0 Å². The maximum Gasteiger partial charge on any atom is 0.0886 e. The minimum atomic E-state index is -1.19. The Kier molecular flexibility index (Phi) is 6.37. The van der Waals surface area contributed by atoms with E-state index in [-0.39, 0.29) is 0 Å². The largest absolute Gasteiger partial charge is 0.306 e. The fraction of sp³-hybridized carbons (Fsp3) is 0.833. The molecule has 0 aromatic carbocycles. The number of nitrogens with zero attached hydrogens (tertiary/aromatic N) is 1. The van der Waals surface area contributed by atoms with Gasteiger partial charge >= 0.3 is 0 Å². The maximum absolute atomic E-state index is 4.14. The van der Waals surface area contributed by atoms with Gasteiger partial charge in [-0.15, -0.1) is 6.58 Å². The summed E-state index contributed by atoms with van der Waals surface area (Å²) < 4.78 is 0. The summed E-state index contributed by atoms with van der Waals surface area (Å²) in [5.41, 5.74) is 0. The van der Waals surface area contributed by atoms with E-state index < -0.39 is 8.07 Å². The molecule has 1 nitrogen and oxygen atoms in total. The third-order valence-corrected chi connectivity index (χ3v) is 6.40. The zero-order valence-electron chi connectivity index (χ0n) is 10.7. The van der Waals surface area contributed by atoms with Gasteiger partial charge in [0, 0.05) is 0 Å². The molecule has 0 spiro atoms. The normalized spacial score (nSPS) is 12.1. The lowest BCUT2D eigenvalue weighted by Crippen LogP contribution is -2.44. The Bertz CT molecular complexity index is 169. The van der Waals surface area contributed by atoms with Crippen molar-refractivity contribution in [2.75, 3.05) is 19.3 Å². The van der Waals surface area contributed by atoms with E-state index in [0.717, 1.165) is 0 Å². The zero-order chi connectivity index (χ0) is 11.2. The molecule has 0 saturated heterocycles. The summed E-state index contributed by atoms with van der Waals surface area (Å²) in [5.74, 6) is 0. The first kappa shape index (κ1) is 13.9. The van der Waals surface area contributed by atoms with Crippen LogP contribution in [0.15, 0.2) is 11.8 Å². The smallest absolute Gasteiger partial charge is 0.0886 e. The molecule has 84 valence electrons. The number of rotatable bonds is 7. The van der Waals surface area contributed by atoms with Crippen molar-refractivity contribution in [3.63, 3.8) is 0 Å². The second kappa shape index (κ2) is 6.41. The van der Waals surface area contributed by atoms with Gasteiger partial charge in [-0.25, -0.2) is 0 Å². The van der Waals surface area contributed by atoms with Crippen LogP contribution in [0.2, 0.25) is 13.1 Å². The molecule has 0 rings (SSSR count). The van der Waals surface area contributed by atoms with Crippen molar-refractivity contribution in [2.24, 2.45) is 0 Å². The topological polar surface area (TPSA) is 3.24 Å². The van der Waals surface area contributed by atoms with Gasteiger partial charge in [-0.3, -0.25) is 0 Å². The molecule has 0 atom stereocenters. The van der Waals surface area contributed by atoms with E-state index in [1.165, 1.54) is 37.3 Å². The number of allylic oxidation sites excluding steroid dienone is 1. The highest BCUT2D eigenvalue weighted by molar-refractivity contribution is 6.84. The highest BCUT2D eigenvalue weighted by Crippen LogP contribution is 2.14. The molecular weight excluding hydrogens is 186 g/mol. The predicted octanol–water partition coefficient (Wildman–Crippen LogP) is 3.47. The molecule has 0 N–H and O–H groups in total. The van der Waals surface area contributed by atoms with Crippen LogP contribution in [0.1, 0.15) is 33.6 Å². The van der Waals surface area contributed by atoms with Crippen molar-refractivity contribution in [3.8, 4) is 0 Å². The molecule has 0 aromatic rings. The monoisotopic (exact) mass is 213 g/mol. The second-order valence-corrected chi connectivity index (χ2v) is 9.88. The van der Waals surface area contributed by atoms with E-state index in [9.17, 15) is 0 Å². The Labute approximate surface area is 91.2 Å². The molecule has 0 saturated carbocycles. The fourth-order valence-corrected chi connectivity index (χ4v) is 3.30. The van der Waals surface area contributed by atoms with E-state index in [0.29, 0.717) is 0 Å². The molecule has 0 aromatic heterocycles. The van der Waals surface area contributed by atoms with Gasteiger partial charge in [0.1, 0.15) is 0 Å². The zero-order valence-corrected chi connectivity index (χ0v) is 11.7. The van der Waals surface area contributed by atoms with Crippen LogP contribution in [0.4, 0.5) is 0 Å². The molecule has 0 aliphatic carbocycles. The minimum Gasteiger partial charge on any atom is -0.306 e. The van der Waals surface area contributed by atoms with Crippen LogP contribution in [0, 0.1) is 0 Å². The van der Waals surface area contributed by atoms with Crippen LogP contribution in [0.5, 0.6) is 0 Å². The maximum atomic E-state index is 4.14. The van der Waals surface area contributed by atoms with Gasteiger partial charge in [0.25, 0.3) is 0 Å². The number of hydrogen-bond donors (Lipinski definition) is 0. The third-order valence-electron chi connectivity index (χ3n) is 2.85. The SMILES string of the molecule is C=C(C)[Si](C)(C)CN(CCC)CCC. The van der Waals surface area contributed by atoms with E-state index in [2.05, 4.69) is 45.3 Å². The molecule has 0 fully saturated rings. The summed E-state index contributed by atoms with van der Waals surface area (Å²) in [5, 5.41) is 1.43. The Hall–Kier alpha value is -0.0831. The van der Waals surface area contributed by atoms with E-state index in [1.54, 1.807) is 0 Å². The molecule has 0 heterocycles. The van der Waals surface area contributed by atoms with Crippen LogP contribution in [-0.4, -0.2) is 32.2 Å². The summed E-state index contributed by atoms with van der Waals surface area (Å²) in [6.45, 7) is 18.2. The van der Waals surface area contributed by atoms with Crippen molar-refractivity contribution >= 4 is 8.07 Å². The van der Waals surface area contributed by atoms with Crippen LogP contribution in [0.25, 0.3) is 0 Å².